The maximum atomic E-state index is 12.8. The van der Waals surface area contributed by atoms with E-state index in [0.717, 1.165) is 16.9 Å². The maximum absolute atomic E-state index is 12.8. The van der Waals surface area contributed by atoms with Gasteiger partial charge in [0.05, 0.1) is 13.5 Å². The van der Waals surface area contributed by atoms with E-state index >= 15 is 0 Å². The zero-order chi connectivity index (χ0) is 19.4. The summed E-state index contributed by atoms with van der Waals surface area (Å²) in [5.74, 6) is 0.781. The summed E-state index contributed by atoms with van der Waals surface area (Å²) >= 11 is 0. The Morgan fingerprint density at radius 3 is 2.44 bits per heavy atom. The van der Waals surface area contributed by atoms with Gasteiger partial charge in [0.15, 0.2) is 0 Å². The van der Waals surface area contributed by atoms with Crippen molar-refractivity contribution in [3.8, 4) is 5.75 Å². The number of methoxy groups -OCH3 is 1. The molecule has 0 aromatic heterocycles. The molecule has 0 spiro atoms. The normalized spacial score (nSPS) is 14.1. The summed E-state index contributed by atoms with van der Waals surface area (Å²) in [5, 5.41) is 0. The molecule has 1 aliphatic rings. The van der Waals surface area contributed by atoms with Crippen molar-refractivity contribution in [3.63, 3.8) is 0 Å². The van der Waals surface area contributed by atoms with Gasteiger partial charge in [-0.25, -0.2) is 0 Å². The van der Waals surface area contributed by atoms with Crippen molar-refractivity contribution in [2.75, 3.05) is 39.0 Å². The first-order valence-electron chi connectivity index (χ1n) is 9.04. The smallest absolute Gasteiger partial charge is 0.254 e. The molecule has 27 heavy (non-hydrogen) atoms. The minimum Gasteiger partial charge on any atom is -0.497 e. The summed E-state index contributed by atoms with van der Waals surface area (Å²) in [6.07, 6.45) is 0.333. The summed E-state index contributed by atoms with van der Waals surface area (Å²) in [6, 6.07) is 12.9. The van der Waals surface area contributed by atoms with Gasteiger partial charge in [0.25, 0.3) is 5.91 Å². The highest BCUT2D eigenvalue weighted by Gasteiger charge is 2.25. The Kier molecular flexibility index (Phi) is 5.64. The lowest BCUT2D eigenvalue weighted by Gasteiger charge is -2.35. The molecule has 2 aromatic rings. The van der Waals surface area contributed by atoms with E-state index in [-0.39, 0.29) is 11.8 Å². The predicted octanol–water partition coefficient (Wildman–Crippen LogP) is 2.11. The third-order valence-corrected chi connectivity index (χ3v) is 4.90. The number of amides is 2. The molecule has 1 aliphatic heterocycles. The van der Waals surface area contributed by atoms with E-state index in [9.17, 15) is 9.59 Å². The molecule has 1 heterocycles. The number of nitrogen functional groups attached to an aromatic ring is 1. The number of anilines is 1. The van der Waals surface area contributed by atoms with Crippen molar-refractivity contribution in [2.24, 2.45) is 0 Å². The molecule has 6 nitrogen and oxygen atoms in total. The van der Waals surface area contributed by atoms with Crippen molar-refractivity contribution in [1.29, 1.82) is 0 Å². The largest absolute Gasteiger partial charge is 0.497 e. The Morgan fingerprint density at radius 2 is 1.74 bits per heavy atom. The SMILES string of the molecule is COc1cccc(CC(=O)N2CCN(C(=O)c3cc(N)ccc3C)CC2)c1. The van der Waals surface area contributed by atoms with E-state index in [1.807, 2.05) is 42.2 Å². The van der Waals surface area contributed by atoms with Gasteiger partial charge in [-0.2, -0.15) is 0 Å². The number of aryl methyl sites for hydroxylation is 1. The Morgan fingerprint density at radius 1 is 1.04 bits per heavy atom. The Bertz CT molecular complexity index is 842. The molecule has 6 heteroatoms. The van der Waals surface area contributed by atoms with Gasteiger partial charge in [0.1, 0.15) is 5.75 Å². The molecule has 0 radical (unpaired) electrons. The monoisotopic (exact) mass is 367 g/mol. The lowest BCUT2D eigenvalue weighted by Crippen LogP contribution is -2.51. The topological polar surface area (TPSA) is 75.9 Å². The lowest BCUT2D eigenvalue weighted by atomic mass is 10.1. The van der Waals surface area contributed by atoms with E-state index in [0.29, 0.717) is 43.9 Å². The van der Waals surface area contributed by atoms with Crippen molar-refractivity contribution in [1.82, 2.24) is 9.80 Å². The Hall–Kier alpha value is -3.02. The molecule has 0 aliphatic carbocycles. The number of carbonyl (C=O) groups excluding carboxylic acids is 2. The fourth-order valence-electron chi connectivity index (χ4n) is 3.27. The van der Waals surface area contributed by atoms with E-state index in [1.165, 1.54) is 0 Å². The van der Waals surface area contributed by atoms with Crippen LogP contribution in [-0.4, -0.2) is 54.9 Å². The van der Waals surface area contributed by atoms with Crippen LogP contribution in [0.4, 0.5) is 5.69 Å². The van der Waals surface area contributed by atoms with Gasteiger partial charge in [0.2, 0.25) is 5.91 Å². The fraction of sp³-hybridized carbons (Fsp3) is 0.333. The summed E-state index contributed by atoms with van der Waals surface area (Å²) in [7, 11) is 1.61. The molecular weight excluding hydrogens is 342 g/mol. The molecule has 142 valence electrons. The number of piperazine rings is 1. The van der Waals surface area contributed by atoms with Gasteiger partial charge in [-0.15, -0.1) is 0 Å². The molecule has 1 fully saturated rings. The van der Waals surface area contributed by atoms with Gasteiger partial charge >= 0.3 is 0 Å². The van der Waals surface area contributed by atoms with E-state index < -0.39 is 0 Å². The first kappa shape index (κ1) is 18.8. The molecule has 1 saturated heterocycles. The summed E-state index contributed by atoms with van der Waals surface area (Å²) in [5.41, 5.74) is 8.86. The van der Waals surface area contributed by atoms with Gasteiger partial charge in [-0.05, 0) is 42.3 Å². The number of hydrogen-bond acceptors (Lipinski definition) is 4. The molecule has 2 N–H and O–H groups in total. The van der Waals surface area contributed by atoms with Crippen LogP contribution in [0.25, 0.3) is 0 Å². The van der Waals surface area contributed by atoms with Crippen LogP contribution in [0.2, 0.25) is 0 Å². The molecule has 0 saturated carbocycles. The fourth-order valence-corrected chi connectivity index (χ4v) is 3.27. The van der Waals surface area contributed by atoms with Crippen LogP contribution in [0.15, 0.2) is 42.5 Å². The number of benzene rings is 2. The number of nitrogens with zero attached hydrogens (tertiary/aromatic N) is 2. The number of hydrogen-bond donors (Lipinski definition) is 1. The molecule has 0 bridgehead atoms. The van der Waals surface area contributed by atoms with Crippen LogP contribution < -0.4 is 10.5 Å². The van der Waals surface area contributed by atoms with Crippen LogP contribution >= 0.6 is 0 Å². The average Bonchev–Trinajstić information content (AvgIpc) is 2.69. The van der Waals surface area contributed by atoms with Gasteiger partial charge in [-0.1, -0.05) is 18.2 Å². The van der Waals surface area contributed by atoms with E-state index in [1.54, 1.807) is 24.1 Å². The highest BCUT2D eigenvalue weighted by molar-refractivity contribution is 5.96. The summed E-state index contributed by atoms with van der Waals surface area (Å²) < 4.78 is 5.20. The first-order chi connectivity index (χ1) is 13.0. The van der Waals surface area contributed by atoms with Crippen molar-refractivity contribution >= 4 is 17.5 Å². The van der Waals surface area contributed by atoms with Crippen LogP contribution in [0.5, 0.6) is 5.75 Å². The van der Waals surface area contributed by atoms with Gasteiger partial charge < -0.3 is 20.3 Å². The van der Waals surface area contributed by atoms with Crippen LogP contribution in [0.1, 0.15) is 21.5 Å². The first-order valence-corrected chi connectivity index (χ1v) is 9.04. The molecule has 2 amide bonds. The van der Waals surface area contributed by atoms with E-state index in [2.05, 4.69) is 0 Å². The van der Waals surface area contributed by atoms with Crippen LogP contribution in [0, 0.1) is 6.92 Å². The molecule has 2 aromatic carbocycles. The third-order valence-electron chi connectivity index (χ3n) is 4.90. The summed E-state index contributed by atoms with van der Waals surface area (Å²) in [6.45, 7) is 4.03. The lowest BCUT2D eigenvalue weighted by molar-refractivity contribution is -0.131. The average molecular weight is 367 g/mol. The molecule has 0 unspecified atom stereocenters. The maximum Gasteiger partial charge on any atom is 0.254 e. The second-order valence-electron chi connectivity index (χ2n) is 6.78. The van der Waals surface area contributed by atoms with Gasteiger partial charge in [-0.3, -0.25) is 9.59 Å². The van der Waals surface area contributed by atoms with Crippen LogP contribution in [-0.2, 0) is 11.2 Å². The Balaban J connectivity index is 1.58. The van der Waals surface area contributed by atoms with Crippen molar-refractivity contribution in [2.45, 2.75) is 13.3 Å². The quantitative estimate of drug-likeness (QED) is 0.840. The predicted molar refractivity (Wildman–Crippen MR) is 105 cm³/mol. The molecular formula is C21H25N3O3. The standard InChI is InChI=1S/C21H25N3O3/c1-15-6-7-17(22)14-19(15)21(26)24-10-8-23(9-11-24)20(25)13-16-4-3-5-18(12-16)27-2/h3-7,12,14H,8-11,13,22H2,1-2H3. The highest BCUT2D eigenvalue weighted by atomic mass is 16.5. The highest BCUT2D eigenvalue weighted by Crippen LogP contribution is 2.17. The van der Waals surface area contributed by atoms with E-state index in [4.69, 9.17) is 10.5 Å². The van der Waals surface area contributed by atoms with Crippen LogP contribution in [0.3, 0.4) is 0 Å². The number of nitrogens with two attached hydrogens (primary N) is 1. The minimum absolute atomic E-state index is 0.0281. The number of rotatable bonds is 4. The molecule has 0 atom stereocenters. The number of carbonyl (C=O) groups is 2. The molecule has 3 rings (SSSR count). The second kappa shape index (κ2) is 8.12. The summed E-state index contributed by atoms with van der Waals surface area (Å²) in [4.78, 5) is 28.9. The zero-order valence-electron chi connectivity index (χ0n) is 15.8. The zero-order valence-corrected chi connectivity index (χ0v) is 15.8. The minimum atomic E-state index is -0.0281. The van der Waals surface area contributed by atoms with Gasteiger partial charge in [0, 0.05) is 37.4 Å². The van der Waals surface area contributed by atoms with Crippen molar-refractivity contribution in [3.05, 3.63) is 59.2 Å². The number of ether oxygens (including phenoxy) is 1. The van der Waals surface area contributed by atoms with Crippen molar-refractivity contribution < 1.29 is 14.3 Å². The second-order valence-corrected chi connectivity index (χ2v) is 6.78. The Labute approximate surface area is 159 Å². The third kappa shape index (κ3) is 4.39.